The van der Waals surface area contributed by atoms with Gasteiger partial charge in [-0.05, 0) is 42.0 Å². The molecule has 1 N–H and O–H groups in total. The first-order valence-electron chi connectivity index (χ1n) is 8.56. The number of pyridine rings is 1. The van der Waals surface area contributed by atoms with Gasteiger partial charge in [0, 0.05) is 70.6 Å². The lowest BCUT2D eigenvalue weighted by Crippen LogP contribution is -2.49. The second-order valence-electron chi connectivity index (χ2n) is 6.49. The van der Waals surface area contributed by atoms with Gasteiger partial charge in [0.15, 0.2) is 0 Å². The molecular weight excluding hydrogens is 314 g/mol. The molecule has 1 aromatic heterocycles. The summed E-state index contributed by atoms with van der Waals surface area (Å²) < 4.78 is 0. The van der Waals surface area contributed by atoms with Crippen LogP contribution in [0.5, 0.6) is 0 Å². The van der Waals surface area contributed by atoms with Gasteiger partial charge < -0.3 is 15.1 Å². The average molecular weight is 339 g/mol. The van der Waals surface area contributed by atoms with Gasteiger partial charge in [0.2, 0.25) is 0 Å². The summed E-state index contributed by atoms with van der Waals surface area (Å²) in [6, 6.07) is 11.9. The highest BCUT2D eigenvalue weighted by molar-refractivity contribution is 5.89. The molecule has 1 saturated heterocycles. The van der Waals surface area contributed by atoms with Crippen LogP contribution in [0, 0.1) is 0 Å². The third-order valence-corrected chi connectivity index (χ3v) is 4.45. The van der Waals surface area contributed by atoms with Crippen LogP contribution in [0.25, 0.3) is 0 Å². The Labute approximate surface area is 149 Å². The highest BCUT2D eigenvalue weighted by Crippen LogP contribution is 2.16. The minimum atomic E-state index is -0.0267. The Morgan fingerprint density at radius 2 is 1.68 bits per heavy atom. The molecule has 0 atom stereocenters. The van der Waals surface area contributed by atoms with Gasteiger partial charge in [0.25, 0.3) is 0 Å². The van der Waals surface area contributed by atoms with Gasteiger partial charge in [-0.15, -0.1) is 0 Å². The van der Waals surface area contributed by atoms with Crippen molar-refractivity contribution in [1.82, 2.24) is 14.8 Å². The molecular formula is C19H25N5O. The van der Waals surface area contributed by atoms with Crippen LogP contribution in [0.1, 0.15) is 5.56 Å². The van der Waals surface area contributed by atoms with E-state index >= 15 is 0 Å². The standard InChI is InChI=1S/C19H25N5O/c1-22(2)18-5-3-17(4-6-18)21-19(25)24-13-11-23(12-14-24)15-16-7-9-20-10-8-16/h3-10H,11-15H2,1-2H3,(H,21,25). The van der Waals surface area contributed by atoms with Crippen molar-refractivity contribution in [2.45, 2.75) is 6.54 Å². The maximum Gasteiger partial charge on any atom is 0.321 e. The van der Waals surface area contributed by atoms with E-state index in [1.54, 1.807) is 0 Å². The third kappa shape index (κ3) is 4.70. The number of amides is 2. The van der Waals surface area contributed by atoms with E-state index in [1.165, 1.54) is 5.56 Å². The number of piperazine rings is 1. The van der Waals surface area contributed by atoms with Crippen LogP contribution in [0.3, 0.4) is 0 Å². The van der Waals surface area contributed by atoms with Crippen molar-refractivity contribution < 1.29 is 4.79 Å². The Kier molecular flexibility index (Phi) is 5.50. The first kappa shape index (κ1) is 17.2. The molecule has 0 unspecified atom stereocenters. The van der Waals surface area contributed by atoms with Gasteiger partial charge >= 0.3 is 6.03 Å². The summed E-state index contributed by atoms with van der Waals surface area (Å²) in [7, 11) is 4.00. The number of rotatable bonds is 4. The van der Waals surface area contributed by atoms with Crippen molar-refractivity contribution in [3.05, 3.63) is 54.4 Å². The molecule has 0 bridgehead atoms. The molecule has 2 heterocycles. The first-order valence-corrected chi connectivity index (χ1v) is 8.56. The quantitative estimate of drug-likeness (QED) is 0.930. The molecule has 2 amide bonds. The number of carbonyl (C=O) groups excluding carboxylic acids is 1. The Morgan fingerprint density at radius 3 is 2.28 bits per heavy atom. The monoisotopic (exact) mass is 339 g/mol. The Morgan fingerprint density at radius 1 is 1.04 bits per heavy atom. The number of hydrogen-bond acceptors (Lipinski definition) is 4. The SMILES string of the molecule is CN(C)c1ccc(NC(=O)N2CCN(Cc3ccncc3)CC2)cc1. The summed E-state index contributed by atoms with van der Waals surface area (Å²) in [6.45, 7) is 4.16. The van der Waals surface area contributed by atoms with Crippen LogP contribution in [0.2, 0.25) is 0 Å². The summed E-state index contributed by atoms with van der Waals surface area (Å²) in [5.41, 5.74) is 3.20. The molecule has 6 heteroatoms. The second kappa shape index (κ2) is 7.98. The van der Waals surface area contributed by atoms with Gasteiger partial charge in [-0.3, -0.25) is 9.88 Å². The van der Waals surface area contributed by atoms with E-state index in [-0.39, 0.29) is 6.03 Å². The number of anilines is 2. The summed E-state index contributed by atoms with van der Waals surface area (Å²) >= 11 is 0. The Bertz CT molecular complexity index is 679. The van der Waals surface area contributed by atoms with Crippen molar-refractivity contribution >= 4 is 17.4 Å². The second-order valence-corrected chi connectivity index (χ2v) is 6.49. The topological polar surface area (TPSA) is 51.7 Å². The van der Waals surface area contributed by atoms with Crippen molar-refractivity contribution in [3.8, 4) is 0 Å². The normalized spacial score (nSPS) is 15.0. The minimum absolute atomic E-state index is 0.0267. The highest BCUT2D eigenvalue weighted by Gasteiger charge is 2.21. The van der Waals surface area contributed by atoms with Crippen molar-refractivity contribution in [1.29, 1.82) is 0 Å². The minimum Gasteiger partial charge on any atom is -0.378 e. The number of benzene rings is 1. The predicted octanol–water partition coefficient (Wildman–Crippen LogP) is 2.50. The fraction of sp³-hybridized carbons (Fsp3) is 0.368. The maximum absolute atomic E-state index is 12.4. The van der Waals surface area contributed by atoms with Gasteiger partial charge in [-0.1, -0.05) is 0 Å². The van der Waals surface area contributed by atoms with Crippen LogP contribution in [0.15, 0.2) is 48.8 Å². The summed E-state index contributed by atoms with van der Waals surface area (Å²) in [4.78, 5) is 22.8. The maximum atomic E-state index is 12.4. The van der Waals surface area contributed by atoms with Gasteiger partial charge in [-0.2, -0.15) is 0 Å². The fourth-order valence-corrected chi connectivity index (χ4v) is 2.90. The molecule has 1 aliphatic rings. The van der Waals surface area contributed by atoms with E-state index in [0.717, 1.165) is 44.1 Å². The molecule has 6 nitrogen and oxygen atoms in total. The smallest absolute Gasteiger partial charge is 0.321 e. The molecule has 1 aromatic carbocycles. The zero-order chi connectivity index (χ0) is 17.6. The number of urea groups is 1. The third-order valence-electron chi connectivity index (χ3n) is 4.45. The number of carbonyl (C=O) groups is 1. The van der Waals surface area contributed by atoms with Gasteiger partial charge in [0.1, 0.15) is 0 Å². The largest absolute Gasteiger partial charge is 0.378 e. The Balaban J connectivity index is 1.48. The highest BCUT2D eigenvalue weighted by atomic mass is 16.2. The number of nitrogens with zero attached hydrogens (tertiary/aromatic N) is 4. The molecule has 0 radical (unpaired) electrons. The van der Waals surface area contributed by atoms with Crippen LogP contribution in [0.4, 0.5) is 16.2 Å². The molecule has 132 valence electrons. The molecule has 0 aliphatic carbocycles. The molecule has 0 saturated carbocycles. The predicted molar refractivity (Wildman–Crippen MR) is 101 cm³/mol. The van der Waals surface area contributed by atoms with Crippen LogP contribution >= 0.6 is 0 Å². The summed E-state index contributed by atoms with van der Waals surface area (Å²) in [5.74, 6) is 0. The van der Waals surface area contributed by atoms with Crippen LogP contribution < -0.4 is 10.2 Å². The van der Waals surface area contributed by atoms with Crippen LogP contribution in [-0.2, 0) is 6.54 Å². The number of nitrogens with one attached hydrogen (secondary N) is 1. The molecule has 2 aromatic rings. The first-order chi connectivity index (χ1) is 12.1. The van der Waals surface area contributed by atoms with Crippen LogP contribution in [-0.4, -0.2) is 61.1 Å². The van der Waals surface area contributed by atoms with E-state index in [0.29, 0.717) is 0 Å². The molecule has 25 heavy (non-hydrogen) atoms. The van der Waals surface area contributed by atoms with E-state index in [9.17, 15) is 4.79 Å². The lowest BCUT2D eigenvalue weighted by atomic mass is 10.2. The van der Waals surface area contributed by atoms with E-state index < -0.39 is 0 Å². The van der Waals surface area contributed by atoms with Gasteiger partial charge in [-0.25, -0.2) is 4.79 Å². The number of aromatic nitrogens is 1. The average Bonchev–Trinajstić information content (AvgIpc) is 2.63. The van der Waals surface area contributed by atoms with E-state index in [2.05, 4.69) is 15.2 Å². The molecule has 1 fully saturated rings. The van der Waals surface area contributed by atoms with Crippen molar-refractivity contribution in [2.24, 2.45) is 0 Å². The summed E-state index contributed by atoms with van der Waals surface area (Å²) in [6.07, 6.45) is 3.64. The lowest BCUT2D eigenvalue weighted by molar-refractivity contribution is 0.143. The zero-order valence-electron chi connectivity index (χ0n) is 14.9. The van der Waals surface area contributed by atoms with E-state index in [1.807, 2.05) is 72.7 Å². The number of hydrogen-bond donors (Lipinski definition) is 1. The van der Waals surface area contributed by atoms with Gasteiger partial charge in [0.05, 0.1) is 0 Å². The molecule has 3 rings (SSSR count). The zero-order valence-corrected chi connectivity index (χ0v) is 14.9. The lowest BCUT2D eigenvalue weighted by Gasteiger charge is -2.34. The summed E-state index contributed by atoms with van der Waals surface area (Å²) in [5, 5.41) is 2.98. The van der Waals surface area contributed by atoms with Crippen molar-refractivity contribution in [2.75, 3.05) is 50.5 Å². The Hall–Kier alpha value is -2.60. The molecule has 0 spiro atoms. The fourth-order valence-electron chi connectivity index (χ4n) is 2.90. The van der Waals surface area contributed by atoms with E-state index in [4.69, 9.17) is 0 Å². The molecule has 1 aliphatic heterocycles. The van der Waals surface area contributed by atoms with Crippen molar-refractivity contribution in [3.63, 3.8) is 0 Å².